The van der Waals surface area contributed by atoms with Gasteiger partial charge in [-0.2, -0.15) is 0 Å². The molecule has 1 unspecified atom stereocenters. The van der Waals surface area contributed by atoms with E-state index in [0.717, 1.165) is 5.69 Å². The van der Waals surface area contributed by atoms with Crippen molar-refractivity contribution in [2.75, 3.05) is 6.61 Å². The number of ether oxygens (including phenoxy) is 1. The fourth-order valence-corrected chi connectivity index (χ4v) is 2.09. The molecule has 1 heterocycles. The first-order chi connectivity index (χ1) is 11.3. The lowest BCUT2D eigenvalue weighted by atomic mass is 9.87. The predicted octanol–water partition coefficient (Wildman–Crippen LogP) is 3.75. The van der Waals surface area contributed by atoms with Crippen molar-refractivity contribution in [2.24, 2.45) is 5.41 Å². The maximum absolute atomic E-state index is 13.7. The molecule has 0 aliphatic rings. The lowest BCUT2D eigenvalue weighted by Crippen LogP contribution is -2.47. The molecule has 0 spiro atoms. The van der Waals surface area contributed by atoms with Crippen molar-refractivity contribution in [2.45, 2.75) is 33.7 Å². The molecule has 1 aromatic carbocycles. The van der Waals surface area contributed by atoms with E-state index in [-0.39, 0.29) is 29.7 Å². The Bertz CT molecular complexity index is 693. The summed E-state index contributed by atoms with van der Waals surface area (Å²) < 4.78 is 19.3. The zero-order valence-corrected chi connectivity index (χ0v) is 14.5. The fourth-order valence-electron chi connectivity index (χ4n) is 2.09. The molecular formula is C19H23FN2O2. The van der Waals surface area contributed by atoms with Gasteiger partial charge in [-0.1, -0.05) is 32.9 Å². The van der Waals surface area contributed by atoms with Gasteiger partial charge >= 0.3 is 0 Å². The first kappa shape index (κ1) is 17.9. The van der Waals surface area contributed by atoms with Crippen LogP contribution in [0.5, 0.6) is 5.75 Å². The molecule has 5 heteroatoms. The molecule has 0 aliphatic heterocycles. The van der Waals surface area contributed by atoms with Crippen molar-refractivity contribution in [1.82, 2.24) is 10.3 Å². The molecule has 0 bridgehead atoms. The summed E-state index contributed by atoms with van der Waals surface area (Å²) in [4.78, 5) is 16.5. The molecule has 0 saturated carbocycles. The van der Waals surface area contributed by atoms with Crippen LogP contribution in [0.2, 0.25) is 0 Å². The molecule has 24 heavy (non-hydrogen) atoms. The second kappa shape index (κ2) is 7.43. The molecule has 0 fully saturated rings. The zero-order valence-electron chi connectivity index (χ0n) is 14.5. The molecule has 128 valence electrons. The number of para-hydroxylation sites is 1. The number of hydrogen-bond donors (Lipinski definition) is 1. The summed E-state index contributed by atoms with van der Waals surface area (Å²) in [6, 6.07) is 9.47. The normalized spacial score (nSPS) is 12.5. The van der Waals surface area contributed by atoms with Crippen molar-refractivity contribution in [1.29, 1.82) is 0 Å². The first-order valence-corrected chi connectivity index (χ1v) is 7.88. The Hall–Kier alpha value is -2.43. The highest BCUT2D eigenvalue weighted by Crippen LogP contribution is 2.22. The Balaban J connectivity index is 2.07. The summed E-state index contributed by atoms with van der Waals surface area (Å²) in [6.45, 7) is 8.03. The molecule has 0 radical (unpaired) electrons. The highest BCUT2D eigenvalue weighted by atomic mass is 19.1. The Labute approximate surface area is 142 Å². The molecule has 0 saturated heterocycles. The number of benzene rings is 1. The molecule has 0 aliphatic carbocycles. The van der Waals surface area contributed by atoms with E-state index in [1.54, 1.807) is 36.5 Å². The number of rotatable bonds is 5. The van der Waals surface area contributed by atoms with E-state index in [0.29, 0.717) is 5.56 Å². The van der Waals surface area contributed by atoms with Crippen molar-refractivity contribution < 1.29 is 13.9 Å². The van der Waals surface area contributed by atoms with E-state index in [2.05, 4.69) is 10.3 Å². The summed E-state index contributed by atoms with van der Waals surface area (Å²) in [5.41, 5.74) is 1.08. The molecule has 2 rings (SSSR count). The maximum Gasteiger partial charge on any atom is 0.253 e. The van der Waals surface area contributed by atoms with Crippen LogP contribution in [0.1, 0.15) is 36.8 Å². The third kappa shape index (κ3) is 4.78. The van der Waals surface area contributed by atoms with Crippen molar-refractivity contribution in [3.63, 3.8) is 0 Å². The Morgan fingerprint density at radius 2 is 1.96 bits per heavy atom. The minimum Gasteiger partial charge on any atom is -0.488 e. The smallest absolute Gasteiger partial charge is 0.253 e. The van der Waals surface area contributed by atoms with Crippen LogP contribution in [-0.2, 0) is 0 Å². The number of halogens is 1. The summed E-state index contributed by atoms with van der Waals surface area (Å²) >= 11 is 0. The number of carbonyl (C=O) groups excluding carboxylic acids is 1. The van der Waals surface area contributed by atoms with Gasteiger partial charge in [0.05, 0.1) is 11.6 Å². The molecular weight excluding hydrogens is 307 g/mol. The van der Waals surface area contributed by atoms with Gasteiger partial charge in [-0.25, -0.2) is 4.39 Å². The van der Waals surface area contributed by atoms with Crippen LogP contribution in [0.3, 0.4) is 0 Å². The van der Waals surface area contributed by atoms with Crippen molar-refractivity contribution >= 4 is 5.91 Å². The fraction of sp³-hybridized carbons (Fsp3) is 0.368. The second-order valence-electron chi connectivity index (χ2n) is 6.82. The molecule has 1 aromatic heterocycles. The van der Waals surface area contributed by atoms with Crippen molar-refractivity contribution in [3.8, 4) is 5.75 Å². The highest BCUT2D eigenvalue weighted by Gasteiger charge is 2.27. The third-order valence-corrected chi connectivity index (χ3v) is 3.77. The molecule has 1 N–H and O–H groups in total. The zero-order chi connectivity index (χ0) is 17.7. The van der Waals surface area contributed by atoms with Gasteiger partial charge in [-0.15, -0.1) is 0 Å². The molecule has 2 aromatic rings. The minimum absolute atomic E-state index is 0.176. The van der Waals surface area contributed by atoms with E-state index in [1.165, 1.54) is 6.07 Å². The number of carbonyl (C=O) groups is 1. The molecule has 4 nitrogen and oxygen atoms in total. The maximum atomic E-state index is 13.7. The lowest BCUT2D eigenvalue weighted by molar-refractivity contribution is 0.0860. The van der Waals surface area contributed by atoms with Crippen LogP contribution in [-0.4, -0.2) is 23.5 Å². The Kier molecular flexibility index (Phi) is 5.54. The second-order valence-corrected chi connectivity index (χ2v) is 6.82. The summed E-state index contributed by atoms with van der Waals surface area (Å²) in [5.74, 6) is -0.461. The number of pyridine rings is 1. The van der Waals surface area contributed by atoms with E-state index in [9.17, 15) is 9.18 Å². The van der Waals surface area contributed by atoms with Crippen LogP contribution < -0.4 is 10.1 Å². The van der Waals surface area contributed by atoms with E-state index < -0.39 is 5.82 Å². The largest absolute Gasteiger partial charge is 0.488 e. The number of nitrogens with zero attached hydrogens (tertiary/aromatic N) is 1. The van der Waals surface area contributed by atoms with Gasteiger partial charge in [-0.3, -0.25) is 9.78 Å². The summed E-state index contributed by atoms with van der Waals surface area (Å²) in [5, 5.41) is 2.96. The van der Waals surface area contributed by atoms with Crippen LogP contribution in [0.25, 0.3) is 0 Å². The van der Waals surface area contributed by atoms with E-state index in [1.807, 2.05) is 27.7 Å². The van der Waals surface area contributed by atoms with Crippen LogP contribution in [0.15, 0.2) is 42.6 Å². The number of nitrogens with one attached hydrogen (secondary N) is 1. The number of aromatic nitrogens is 1. The summed E-state index contributed by atoms with van der Waals surface area (Å²) in [7, 11) is 0. The predicted molar refractivity (Wildman–Crippen MR) is 91.6 cm³/mol. The molecule has 1 atom stereocenters. The highest BCUT2D eigenvalue weighted by molar-refractivity contribution is 5.94. The van der Waals surface area contributed by atoms with Gasteiger partial charge in [0.25, 0.3) is 5.91 Å². The number of aryl methyl sites for hydroxylation is 1. The standard InChI is InChI=1S/C19H23FN2O2/c1-13-9-10-14(11-21-13)18(23)22-17(19(2,3)4)12-24-16-8-6-5-7-15(16)20/h5-11,17H,12H2,1-4H3,(H,22,23). The minimum atomic E-state index is -0.417. The average molecular weight is 330 g/mol. The monoisotopic (exact) mass is 330 g/mol. The van der Waals surface area contributed by atoms with Gasteiger partial charge < -0.3 is 10.1 Å². The van der Waals surface area contributed by atoms with Crippen molar-refractivity contribution in [3.05, 3.63) is 59.7 Å². The van der Waals surface area contributed by atoms with Crippen LogP contribution in [0, 0.1) is 18.2 Å². The van der Waals surface area contributed by atoms with Gasteiger partial charge in [0.2, 0.25) is 0 Å². The van der Waals surface area contributed by atoms with Gasteiger partial charge in [0.15, 0.2) is 11.6 Å². The van der Waals surface area contributed by atoms with E-state index >= 15 is 0 Å². The third-order valence-electron chi connectivity index (χ3n) is 3.77. The lowest BCUT2D eigenvalue weighted by Gasteiger charge is -2.31. The number of hydrogen-bond acceptors (Lipinski definition) is 3. The molecule has 1 amide bonds. The van der Waals surface area contributed by atoms with E-state index in [4.69, 9.17) is 4.74 Å². The van der Waals surface area contributed by atoms with Crippen LogP contribution >= 0.6 is 0 Å². The topological polar surface area (TPSA) is 51.2 Å². The SMILES string of the molecule is Cc1ccc(C(=O)NC(COc2ccccc2F)C(C)(C)C)cn1. The van der Waals surface area contributed by atoms with Gasteiger partial charge in [-0.05, 0) is 36.6 Å². The summed E-state index contributed by atoms with van der Waals surface area (Å²) in [6.07, 6.45) is 1.54. The average Bonchev–Trinajstić information content (AvgIpc) is 2.52. The van der Waals surface area contributed by atoms with Gasteiger partial charge in [0, 0.05) is 11.9 Å². The quantitative estimate of drug-likeness (QED) is 0.908. The Morgan fingerprint density at radius 3 is 2.54 bits per heavy atom. The first-order valence-electron chi connectivity index (χ1n) is 7.88. The Morgan fingerprint density at radius 1 is 1.25 bits per heavy atom. The number of amides is 1. The van der Waals surface area contributed by atoms with Gasteiger partial charge in [0.1, 0.15) is 6.61 Å². The van der Waals surface area contributed by atoms with Crippen LogP contribution in [0.4, 0.5) is 4.39 Å².